The molecule has 1 aliphatic carbocycles. The van der Waals surface area contributed by atoms with Crippen LogP contribution >= 0.6 is 0 Å². The Morgan fingerprint density at radius 3 is 2.86 bits per heavy atom. The highest BCUT2D eigenvalue weighted by Gasteiger charge is 2.18. The molecule has 6 nitrogen and oxygen atoms in total. The van der Waals surface area contributed by atoms with Gasteiger partial charge in [-0.2, -0.15) is 0 Å². The number of hydrogen-bond acceptors (Lipinski definition) is 3. The zero-order valence-electron chi connectivity index (χ0n) is 12.4. The number of nitrogens with zero attached hydrogens (tertiary/aromatic N) is 2. The molecule has 1 aromatic rings. The lowest BCUT2D eigenvalue weighted by Gasteiger charge is -2.21. The molecule has 1 unspecified atom stereocenters. The molecule has 21 heavy (non-hydrogen) atoms. The van der Waals surface area contributed by atoms with Crippen molar-refractivity contribution in [3.63, 3.8) is 0 Å². The van der Waals surface area contributed by atoms with Crippen LogP contribution in [-0.2, 0) is 17.6 Å². The van der Waals surface area contributed by atoms with Gasteiger partial charge < -0.3 is 15.3 Å². The molecular weight excluding hydrogens is 270 g/mol. The number of nitrogens with one attached hydrogen (secondary N) is 1. The summed E-state index contributed by atoms with van der Waals surface area (Å²) in [4.78, 5) is 28.6. The van der Waals surface area contributed by atoms with Crippen molar-refractivity contribution in [2.24, 2.45) is 5.92 Å². The van der Waals surface area contributed by atoms with Crippen LogP contribution in [0.2, 0.25) is 0 Å². The summed E-state index contributed by atoms with van der Waals surface area (Å²) < 4.78 is 0. The van der Waals surface area contributed by atoms with Crippen LogP contribution in [0.25, 0.3) is 0 Å². The van der Waals surface area contributed by atoms with E-state index >= 15 is 0 Å². The quantitative estimate of drug-likeness (QED) is 0.890. The molecule has 6 heteroatoms. The van der Waals surface area contributed by atoms with E-state index in [-0.39, 0.29) is 12.6 Å². The molecule has 2 N–H and O–H groups in total. The Kier molecular flexibility index (Phi) is 4.77. The fraction of sp³-hybridized carbons (Fsp3) is 0.533. The first-order valence-corrected chi connectivity index (χ1v) is 7.20. The Bertz CT molecular complexity index is 545. The first-order chi connectivity index (χ1) is 9.97. The number of amides is 2. The van der Waals surface area contributed by atoms with Crippen molar-refractivity contribution in [2.45, 2.75) is 32.6 Å². The largest absolute Gasteiger partial charge is 0.481 e. The molecule has 0 radical (unpaired) electrons. The van der Waals surface area contributed by atoms with Crippen LogP contribution < -0.4 is 5.32 Å². The molecule has 1 aliphatic rings. The number of carboxylic acid groups (broad SMARTS) is 1. The molecular formula is C15H21N3O3. The number of aromatic nitrogens is 1. The van der Waals surface area contributed by atoms with Gasteiger partial charge in [0.25, 0.3) is 0 Å². The number of aryl methyl sites for hydroxylation is 2. The highest BCUT2D eigenvalue weighted by atomic mass is 16.4. The molecule has 0 aromatic carbocycles. The first kappa shape index (κ1) is 15.3. The first-order valence-electron chi connectivity index (χ1n) is 7.20. The summed E-state index contributed by atoms with van der Waals surface area (Å²) in [7, 11) is 1.58. The summed E-state index contributed by atoms with van der Waals surface area (Å²) >= 11 is 0. The molecule has 0 fully saturated rings. The standard InChI is InChI=1S/C15H21N3O3/c1-10(14(19)20)9-18(2)15(21)17-12-7-11-5-3-4-6-13(11)16-8-12/h7-8,10H,3-6,9H2,1-2H3,(H,17,21)(H,19,20). The minimum absolute atomic E-state index is 0.166. The second-order valence-corrected chi connectivity index (χ2v) is 5.59. The lowest BCUT2D eigenvalue weighted by molar-refractivity contribution is -0.141. The molecule has 0 saturated heterocycles. The number of aliphatic carboxylic acids is 1. The number of carboxylic acids is 1. The van der Waals surface area contributed by atoms with Crippen molar-refractivity contribution in [2.75, 3.05) is 18.9 Å². The molecule has 114 valence electrons. The number of pyridine rings is 1. The van der Waals surface area contributed by atoms with Crippen molar-refractivity contribution in [1.82, 2.24) is 9.88 Å². The Morgan fingerprint density at radius 2 is 2.14 bits per heavy atom. The van der Waals surface area contributed by atoms with Crippen LogP contribution in [0, 0.1) is 5.92 Å². The maximum absolute atomic E-state index is 12.0. The summed E-state index contributed by atoms with van der Waals surface area (Å²) in [6, 6.07) is 1.65. The topological polar surface area (TPSA) is 82.5 Å². The number of fused-ring (bicyclic) bond motifs is 1. The van der Waals surface area contributed by atoms with Gasteiger partial charge in [0.2, 0.25) is 0 Å². The van der Waals surface area contributed by atoms with E-state index in [1.165, 1.54) is 16.9 Å². The van der Waals surface area contributed by atoms with Crippen LogP contribution in [0.5, 0.6) is 0 Å². The second kappa shape index (κ2) is 6.56. The van der Waals surface area contributed by atoms with Crippen LogP contribution in [0.4, 0.5) is 10.5 Å². The van der Waals surface area contributed by atoms with Gasteiger partial charge in [-0.05, 0) is 37.3 Å². The van der Waals surface area contributed by atoms with Crippen molar-refractivity contribution >= 4 is 17.7 Å². The predicted molar refractivity (Wildman–Crippen MR) is 79.3 cm³/mol. The zero-order valence-corrected chi connectivity index (χ0v) is 12.4. The highest BCUT2D eigenvalue weighted by Crippen LogP contribution is 2.22. The number of carbonyl (C=O) groups excluding carboxylic acids is 1. The van der Waals surface area contributed by atoms with Gasteiger partial charge >= 0.3 is 12.0 Å². The lowest BCUT2D eigenvalue weighted by atomic mass is 9.96. The molecule has 1 atom stereocenters. The summed E-state index contributed by atoms with van der Waals surface area (Å²) in [5.41, 5.74) is 2.98. The SMILES string of the molecule is CC(CN(C)C(=O)Nc1cnc2c(c1)CCCC2)C(=O)O. The van der Waals surface area contributed by atoms with Gasteiger partial charge in [0.1, 0.15) is 0 Å². The molecule has 2 rings (SSSR count). The predicted octanol–water partition coefficient (Wildman–Crippen LogP) is 2.14. The van der Waals surface area contributed by atoms with Gasteiger partial charge in [-0.25, -0.2) is 4.79 Å². The second-order valence-electron chi connectivity index (χ2n) is 5.59. The molecule has 0 saturated carbocycles. The number of urea groups is 1. The van der Waals surface area contributed by atoms with E-state index in [0.29, 0.717) is 5.69 Å². The minimum Gasteiger partial charge on any atom is -0.481 e. The minimum atomic E-state index is -0.912. The van der Waals surface area contributed by atoms with Gasteiger partial charge in [-0.1, -0.05) is 6.92 Å². The molecule has 0 aliphatic heterocycles. The third-order valence-corrected chi connectivity index (χ3v) is 3.74. The average Bonchev–Trinajstić information content (AvgIpc) is 2.46. The third-order valence-electron chi connectivity index (χ3n) is 3.74. The molecule has 2 amide bonds. The van der Waals surface area contributed by atoms with E-state index in [4.69, 9.17) is 5.11 Å². The van der Waals surface area contributed by atoms with E-state index in [1.807, 2.05) is 6.07 Å². The molecule has 1 aromatic heterocycles. The van der Waals surface area contributed by atoms with E-state index in [2.05, 4.69) is 10.3 Å². The Hall–Kier alpha value is -2.11. The van der Waals surface area contributed by atoms with Gasteiger partial charge in [0.15, 0.2) is 0 Å². The maximum Gasteiger partial charge on any atom is 0.321 e. The van der Waals surface area contributed by atoms with E-state index in [1.54, 1.807) is 20.2 Å². The van der Waals surface area contributed by atoms with Gasteiger partial charge in [-0.15, -0.1) is 0 Å². The lowest BCUT2D eigenvalue weighted by Crippen LogP contribution is -2.36. The smallest absolute Gasteiger partial charge is 0.321 e. The van der Waals surface area contributed by atoms with Crippen LogP contribution in [0.1, 0.15) is 31.0 Å². The number of anilines is 1. The zero-order chi connectivity index (χ0) is 15.4. The van der Waals surface area contributed by atoms with Crippen LogP contribution in [-0.4, -0.2) is 40.6 Å². The summed E-state index contributed by atoms with van der Waals surface area (Å²) in [5, 5.41) is 11.6. The summed E-state index contributed by atoms with van der Waals surface area (Å²) in [6.07, 6.45) is 5.98. The summed E-state index contributed by atoms with van der Waals surface area (Å²) in [5.74, 6) is -1.51. The molecule has 0 spiro atoms. The van der Waals surface area contributed by atoms with Crippen molar-refractivity contribution in [1.29, 1.82) is 0 Å². The Labute approximate surface area is 124 Å². The Morgan fingerprint density at radius 1 is 1.43 bits per heavy atom. The molecule has 1 heterocycles. The van der Waals surface area contributed by atoms with Gasteiger partial charge in [-0.3, -0.25) is 9.78 Å². The Balaban J connectivity index is 1.97. The number of carbonyl (C=O) groups is 2. The number of rotatable bonds is 4. The maximum atomic E-state index is 12.0. The highest BCUT2D eigenvalue weighted by molar-refractivity contribution is 5.89. The van der Waals surface area contributed by atoms with Gasteiger partial charge in [0, 0.05) is 19.3 Å². The van der Waals surface area contributed by atoms with Crippen LogP contribution in [0.15, 0.2) is 12.3 Å². The van der Waals surface area contributed by atoms with E-state index < -0.39 is 11.9 Å². The third kappa shape index (κ3) is 3.93. The number of hydrogen-bond donors (Lipinski definition) is 2. The normalized spacial score (nSPS) is 15.0. The van der Waals surface area contributed by atoms with Crippen LogP contribution in [0.3, 0.4) is 0 Å². The van der Waals surface area contributed by atoms with Crippen molar-refractivity contribution < 1.29 is 14.7 Å². The fourth-order valence-corrected chi connectivity index (χ4v) is 2.45. The fourth-order valence-electron chi connectivity index (χ4n) is 2.45. The van der Waals surface area contributed by atoms with E-state index in [9.17, 15) is 9.59 Å². The van der Waals surface area contributed by atoms with Crippen molar-refractivity contribution in [3.8, 4) is 0 Å². The molecule has 0 bridgehead atoms. The summed E-state index contributed by atoms with van der Waals surface area (Å²) in [6.45, 7) is 1.74. The average molecular weight is 291 g/mol. The van der Waals surface area contributed by atoms with Gasteiger partial charge in [0.05, 0.1) is 17.8 Å². The monoisotopic (exact) mass is 291 g/mol. The van der Waals surface area contributed by atoms with E-state index in [0.717, 1.165) is 25.0 Å². The van der Waals surface area contributed by atoms with Crippen molar-refractivity contribution in [3.05, 3.63) is 23.5 Å².